The molecule has 0 aliphatic heterocycles. The first-order chi connectivity index (χ1) is 5.72. The molecule has 0 fully saturated rings. The van der Waals surface area contributed by atoms with Crippen molar-refractivity contribution >= 4 is 22.7 Å². The van der Waals surface area contributed by atoms with Gasteiger partial charge in [-0.25, -0.2) is 4.79 Å². The predicted molar refractivity (Wildman–Crippen MR) is 48.1 cm³/mol. The highest BCUT2D eigenvalue weighted by atomic mass is 35.5. The van der Waals surface area contributed by atoms with Crippen LogP contribution in [-0.4, -0.2) is 24.3 Å². The zero-order chi connectivity index (χ0) is 9.40. The molecule has 0 saturated carbocycles. The third kappa shape index (κ3) is 4.73. The number of hydrogen-bond acceptors (Lipinski definition) is 4. The Labute approximate surface area is 76.2 Å². The van der Waals surface area contributed by atoms with Gasteiger partial charge in [-0.1, -0.05) is 17.7 Å². The van der Waals surface area contributed by atoms with E-state index < -0.39 is 5.97 Å². The van der Waals surface area contributed by atoms with Crippen molar-refractivity contribution in [1.29, 1.82) is 0 Å². The lowest BCUT2D eigenvalue weighted by molar-refractivity contribution is -0.134. The van der Waals surface area contributed by atoms with Crippen LogP contribution < -0.4 is 5.43 Å². The summed E-state index contributed by atoms with van der Waals surface area (Å²) in [6.07, 6.45) is 1.60. The van der Waals surface area contributed by atoms with Crippen LogP contribution in [-0.2, 0) is 9.53 Å². The van der Waals surface area contributed by atoms with E-state index in [0.29, 0.717) is 6.54 Å². The van der Waals surface area contributed by atoms with E-state index >= 15 is 0 Å². The molecule has 0 aromatic heterocycles. The molecule has 0 aliphatic rings. The Hall–Kier alpha value is -1.03. The molecule has 12 heavy (non-hydrogen) atoms. The van der Waals surface area contributed by atoms with E-state index in [0.717, 1.165) is 0 Å². The minimum atomic E-state index is -0.629. The van der Waals surface area contributed by atoms with Gasteiger partial charge in [0.1, 0.15) is 0 Å². The van der Waals surface area contributed by atoms with Crippen LogP contribution >= 0.6 is 11.6 Å². The largest absolute Gasteiger partial charge is 0.461 e. The molecule has 0 unspecified atom stereocenters. The number of hydrogen-bond donors (Lipinski definition) is 1. The van der Waals surface area contributed by atoms with Gasteiger partial charge in [-0.05, 0) is 6.92 Å². The van der Waals surface area contributed by atoms with Crippen LogP contribution in [0.1, 0.15) is 6.92 Å². The Morgan fingerprint density at radius 3 is 3.00 bits per heavy atom. The summed E-state index contributed by atoms with van der Waals surface area (Å²) in [5, 5.41) is 3.31. The molecular formula is C7H11ClN2O2. The maximum Gasteiger partial charge on any atom is 0.370 e. The molecule has 0 radical (unpaired) electrons. The van der Waals surface area contributed by atoms with E-state index in [1.807, 2.05) is 0 Å². The Kier molecular flexibility index (Phi) is 6.09. The van der Waals surface area contributed by atoms with Gasteiger partial charge >= 0.3 is 5.97 Å². The second-order valence-electron chi connectivity index (χ2n) is 1.77. The fourth-order valence-electron chi connectivity index (χ4n) is 0.416. The number of esters is 1. The predicted octanol–water partition coefficient (Wildman–Crippen LogP) is 0.877. The number of carbonyl (C=O) groups excluding carboxylic acids is 1. The second-order valence-corrected chi connectivity index (χ2v) is 2.13. The van der Waals surface area contributed by atoms with Crippen LogP contribution in [0.15, 0.2) is 17.8 Å². The molecule has 0 heterocycles. The van der Waals surface area contributed by atoms with Crippen molar-refractivity contribution in [2.24, 2.45) is 5.10 Å². The zero-order valence-electron chi connectivity index (χ0n) is 6.84. The smallest absolute Gasteiger partial charge is 0.370 e. The molecule has 4 nitrogen and oxygen atoms in total. The summed E-state index contributed by atoms with van der Waals surface area (Å²) in [5.41, 5.74) is 2.51. The molecule has 5 heteroatoms. The summed E-state index contributed by atoms with van der Waals surface area (Å²) in [4.78, 5) is 10.8. The van der Waals surface area contributed by atoms with Gasteiger partial charge in [-0.3, -0.25) is 0 Å². The Morgan fingerprint density at radius 2 is 2.50 bits per heavy atom. The van der Waals surface area contributed by atoms with Crippen LogP contribution in [0.3, 0.4) is 0 Å². The zero-order valence-corrected chi connectivity index (χ0v) is 7.60. The van der Waals surface area contributed by atoms with E-state index in [2.05, 4.69) is 21.8 Å². The molecule has 0 spiro atoms. The molecule has 0 amide bonds. The first kappa shape index (κ1) is 11.0. The summed E-state index contributed by atoms with van der Waals surface area (Å²) in [6.45, 7) is 5.88. The van der Waals surface area contributed by atoms with Crippen LogP contribution in [0.5, 0.6) is 0 Å². The lowest BCUT2D eigenvalue weighted by Gasteiger charge is -1.98. The van der Waals surface area contributed by atoms with E-state index in [4.69, 9.17) is 11.6 Å². The van der Waals surface area contributed by atoms with Crippen molar-refractivity contribution in [3.05, 3.63) is 12.7 Å². The molecule has 0 saturated heterocycles. The van der Waals surface area contributed by atoms with E-state index in [-0.39, 0.29) is 11.8 Å². The number of nitrogens with zero attached hydrogens (tertiary/aromatic N) is 1. The number of ether oxygens (including phenoxy) is 1. The quantitative estimate of drug-likeness (QED) is 0.230. The number of hydrazone groups is 1. The third-order valence-corrected chi connectivity index (χ3v) is 1.10. The van der Waals surface area contributed by atoms with Crippen molar-refractivity contribution in [2.45, 2.75) is 6.92 Å². The molecule has 0 aromatic rings. The summed E-state index contributed by atoms with van der Waals surface area (Å²) in [6, 6.07) is 0. The van der Waals surface area contributed by atoms with Crippen LogP contribution in [0, 0.1) is 0 Å². The van der Waals surface area contributed by atoms with Crippen molar-refractivity contribution in [3.8, 4) is 0 Å². The van der Waals surface area contributed by atoms with Gasteiger partial charge in [-0.15, -0.1) is 6.58 Å². The van der Waals surface area contributed by atoms with Gasteiger partial charge in [0.2, 0.25) is 5.17 Å². The highest BCUT2D eigenvalue weighted by Gasteiger charge is 2.07. The first-order valence-electron chi connectivity index (χ1n) is 3.46. The summed E-state index contributed by atoms with van der Waals surface area (Å²) < 4.78 is 4.57. The average molecular weight is 191 g/mol. The van der Waals surface area contributed by atoms with Crippen molar-refractivity contribution in [3.63, 3.8) is 0 Å². The normalized spacial score (nSPS) is 10.7. The number of nitrogens with one attached hydrogen (secondary N) is 1. The number of halogens is 1. The molecule has 0 aliphatic carbocycles. The molecule has 0 bridgehead atoms. The van der Waals surface area contributed by atoms with Crippen molar-refractivity contribution < 1.29 is 9.53 Å². The van der Waals surface area contributed by atoms with Crippen molar-refractivity contribution in [2.75, 3.05) is 13.2 Å². The fraction of sp³-hybridized carbons (Fsp3) is 0.429. The maximum atomic E-state index is 10.8. The van der Waals surface area contributed by atoms with Gasteiger partial charge in [0.05, 0.1) is 13.2 Å². The number of carbonyl (C=O) groups is 1. The molecule has 68 valence electrons. The van der Waals surface area contributed by atoms with Crippen LogP contribution in [0.25, 0.3) is 0 Å². The SMILES string of the molecule is C=CCN/N=C(\Cl)C(=O)OCC. The summed E-state index contributed by atoms with van der Waals surface area (Å²) >= 11 is 5.42. The molecule has 0 atom stereocenters. The fourth-order valence-corrected chi connectivity index (χ4v) is 0.530. The minimum absolute atomic E-state index is 0.210. The lowest BCUT2D eigenvalue weighted by atomic mass is 10.6. The van der Waals surface area contributed by atoms with Gasteiger partial charge in [0.15, 0.2) is 0 Å². The van der Waals surface area contributed by atoms with E-state index in [9.17, 15) is 4.79 Å². The van der Waals surface area contributed by atoms with Crippen LogP contribution in [0.2, 0.25) is 0 Å². The second kappa shape index (κ2) is 6.67. The van der Waals surface area contributed by atoms with Gasteiger partial charge < -0.3 is 10.2 Å². The van der Waals surface area contributed by atoms with Crippen molar-refractivity contribution in [1.82, 2.24) is 5.43 Å². The minimum Gasteiger partial charge on any atom is -0.461 e. The summed E-state index contributed by atoms with van der Waals surface area (Å²) in [7, 11) is 0. The number of rotatable bonds is 5. The Morgan fingerprint density at radius 1 is 1.83 bits per heavy atom. The Balaban J connectivity index is 3.81. The maximum absolute atomic E-state index is 10.8. The molecule has 0 aromatic carbocycles. The third-order valence-electron chi connectivity index (χ3n) is 0.857. The van der Waals surface area contributed by atoms with Gasteiger partial charge in [0.25, 0.3) is 0 Å². The molecular weight excluding hydrogens is 180 g/mol. The summed E-state index contributed by atoms with van der Waals surface area (Å²) in [5.74, 6) is -0.629. The van der Waals surface area contributed by atoms with E-state index in [1.54, 1.807) is 13.0 Å². The highest BCUT2D eigenvalue weighted by Crippen LogP contribution is 1.88. The molecule has 1 N–H and O–H groups in total. The first-order valence-corrected chi connectivity index (χ1v) is 3.84. The van der Waals surface area contributed by atoms with E-state index in [1.165, 1.54) is 0 Å². The highest BCUT2D eigenvalue weighted by molar-refractivity contribution is 6.81. The monoisotopic (exact) mass is 190 g/mol. The van der Waals surface area contributed by atoms with Gasteiger partial charge in [-0.2, -0.15) is 5.10 Å². The standard InChI is InChI=1S/C7H11ClN2O2/c1-3-5-9-10-6(8)7(11)12-4-2/h3,9H,1,4-5H2,2H3/b10-6-. The Bertz CT molecular complexity index is 192. The van der Waals surface area contributed by atoms with Crippen LogP contribution in [0.4, 0.5) is 0 Å². The lowest BCUT2D eigenvalue weighted by Crippen LogP contribution is -2.16. The van der Waals surface area contributed by atoms with Gasteiger partial charge in [0, 0.05) is 0 Å². The average Bonchev–Trinajstić information content (AvgIpc) is 2.05. The topological polar surface area (TPSA) is 50.7 Å². The molecule has 0 rings (SSSR count).